The van der Waals surface area contributed by atoms with E-state index in [0.29, 0.717) is 0 Å². The van der Waals surface area contributed by atoms with Crippen LogP contribution in [0.5, 0.6) is 0 Å². The average Bonchev–Trinajstić information content (AvgIpc) is 2.67. The van der Waals surface area contributed by atoms with Gasteiger partial charge in [-0.15, -0.1) is 0 Å². The molecule has 1 aliphatic rings. The lowest BCUT2D eigenvalue weighted by Crippen LogP contribution is -2.45. The number of hydrogen-bond donors (Lipinski definition) is 0. The fourth-order valence-corrected chi connectivity index (χ4v) is 2.12. The molecule has 1 fully saturated rings. The van der Waals surface area contributed by atoms with Gasteiger partial charge in [0.15, 0.2) is 0 Å². The predicted molar refractivity (Wildman–Crippen MR) is 57.6 cm³/mol. The van der Waals surface area contributed by atoms with Crippen molar-refractivity contribution >= 4 is 6.03 Å². The van der Waals surface area contributed by atoms with E-state index in [4.69, 9.17) is 0 Å². The van der Waals surface area contributed by atoms with E-state index in [0.717, 1.165) is 19.5 Å². The van der Waals surface area contributed by atoms with E-state index < -0.39 is 0 Å². The Morgan fingerprint density at radius 1 is 1.47 bits per heavy atom. The molecule has 0 bridgehead atoms. The molecule has 0 radical (unpaired) electrons. The predicted octanol–water partition coefficient (Wildman–Crippen LogP) is 1.97. The van der Waals surface area contributed by atoms with Gasteiger partial charge in [0, 0.05) is 25.5 Å². The van der Waals surface area contributed by atoms with Gasteiger partial charge in [0.05, 0.1) is 0 Å². The van der Waals surface area contributed by atoms with E-state index in [-0.39, 0.29) is 11.4 Å². The molecule has 0 saturated carbocycles. The normalized spacial score (nSPS) is 20.3. The van der Waals surface area contributed by atoms with Gasteiger partial charge in [-0.25, -0.2) is 9.78 Å². The summed E-state index contributed by atoms with van der Waals surface area (Å²) in [6.45, 7) is 6.12. The maximum absolute atomic E-state index is 12.0. The number of nitrogens with zero attached hydrogens (tertiary/aromatic N) is 3. The third kappa shape index (κ3) is 2.19. The number of carbonyl (C=O) groups is 1. The summed E-state index contributed by atoms with van der Waals surface area (Å²) in [5.41, 5.74) is 0.245. The molecule has 0 spiro atoms. The summed E-state index contributed by atoms with van der Waals surface area (Å²) in [4.78, 5) is 17.8. The van der Waals surface area contributed by atoms with Crippen molar-refractivity contribution in [3.8, 4) is 0 Å². The monoisotopic (exact) mass is 207 g/mol. The van der Waals surface area contributed by atoms with Gasteiger partial charge in [-0.05, 0) is 18.3 Å². The summed E-state index contributed by atoms with van der Waals surface area (Å²) in [7, 11) is 0. The zero-order valence-corrected chi connectivity index (χ0v) is 9.31. The smallest absolute Gasteiger partial charge is 0.324 e. The van der Waals surface area contributed by atoms with Crippen LogP contribution in [0.1, 0.15) is 26.7 Å². The third-order valence-electron chi connectivity index (χ3n) is 2.90. The van der Waals surface area contributed by atoms with Crippen molar-refractivity contribution < 1.29 is 4.79 Å². The summed E-state index contributed by atoms with van der Waals surface area (Å²) in [5.74, 6) is 0. The van der Waals surface area contributed by atoms with Crippen LogP contribution in [0.25, 0.3) is 0 Å². The minimum absolute atomic E-state index is 0.0419. The van der Waals surface area contributed by atoms with E-state index in [9.17, 15) is 4.79 Å². The summed E-state index contributed by atoms with van der Waals surface area (Å²) in [6, 6.07) is 0.0419. The summed E-state index contributed by atoms with van der Waals surface area (Å²) in [5, 5.41) is 0. The molecule has 1 aromatic heterocycles. The summed E-state index contributed by atoms with van der Waals surface area (Å²) >= 11 is 0. The Morgan fingerprint density at radius 2 is 2.27 bits per heavy atom. The van der Waals surface area contributed by atoms with Gasteiger partial charge in [-0.1, -0.05) is 13.8 Å². The van der Waals surface area contributed by atoms with E-state index in [1.54, 1.807) is 23.3 Å². The van der Waals surface area contributed by atoms with Gasteiger partial charge < -0.3 is 4.90 Å². The number of aromatic nitrogens is 2. The molecule has 4 nitrogen and oxygen atoms in total. The lowest BCUT2D eigenvalue weighted by Gasteiger charge is -2.37. The van der Waals surface area contributed by atoms with Gasteiger partial charge >= 0.3 is 6.03 Å². The largest absolute Gasteiger partial charge is 0.329 e. The topological polar surface area (TPSA) is 38.1 Å². The molecule has 0 N–H and O–H groups in total. The highest BCUT2D eigenvalue weighted by Gasteiger charge is 2.29. The van der Waals surface area contributed by atoms with Crippen LogP contribution < -0.4 is 0 Å². The minimum atomic E-state index is 0.0419. The molecule has 2 heterocycles. The molecule has 1 amide bonds. The summed E-state index contributed by atoms with van der Waals surface area (Å²) in [6.07, 6.45) is 7.18. The van der Waals surface area contributed by atoms with E-state index >= 15 is 0 Å². The van der Waals surface area contributed by atoms with Crippen LogP contribution in [0.2, 0.25) is 0 Å². The van der Waals surface area contributed by atoms with Crippen LogP contribution in [-0.4, -0.2) is 33.6 Å². The molecule has 0 aromatic carbocycles. The standard InChI is InChI=1S/C11H17N3O/c1-11(2)4-3-6-13(8-11)10(15)14-7-5-12-9-14/h5,7,9H,3-4,6,8H2,1-2H3. The first-order valence-electron chi connectivity index (χ1n) is 5.36. The lowest BCUT2D eigenvalue weighted by molar-refractivity contribution is 0.130. The van der Waals surface area contributed by atoms with Crippen molar-refractivity contribution in [3.05, 3.63) is 18.7 Å². The molecule has 1 aromatic rings. The van der Waals surface area contributed by atoms with Gasteiger partial charge in [0.25, 0.3) is 0 Å². The Hall–Kier alpha value is -1.32. The first-order valence-corrected chi connectivity index (χ1v) is 5.36. The maximum Gasteiger partial charge on any atom is 0.329 e. The Balaban J connectivity index is 2.08. The Morgan fingerprint density at radius 3 is 2.87 bits per heavy atom. The number of piperidine rings is 1. The molecule has 2 rings (SSSR count). The van der Waals surface area contributed by atoms with Crippen molar-refractivity contribution in [2.45, 2.75) is 26.7 Å². The maximum atomic E-state index is 12.0. The lowest BCUT2D eigenvalue weighted by atomic mass is 9.84. The van der Waals surface area contributed by atoms with Crippen molar-refractivity contribution in [3.63, 3.8) is 0 Å². The molecular formula is C11H17N3O. The highest BCUT2D eigenvalue weighted by atomic mass is 16.2. The molecule has 82 valence electrons. The average molecular weight is 207 g/mol. The van der Waals surface area contributed by atoms with E-state index in [2.05, 4.69) is 18.8 Å². The molecule has 4 heteroatoms. The second-order valence-corrected chi connectivity index (χ2v) is 4.94. The first-order chi connectivity index (χ1) is 7.08. The number of likely N-dealkylation sites (tertiary alicyclic amines) is 1. The number of rotatable bonds is 0. The molecule has 1 aliphatic heterocycles. The SMILES string of the molecule is CC1(C)CCCN(C(=O)n2ccnc2)C1. The zero-order chi connectivity index (χ0) is 10.9. The highest BCUT2D eigenvalue weighted by Crippen LogP contribution is 2.28. The van der Waals surface area contributed by atoms with Crippen molar-refractivity contribution in [2.75, 3.05) is 13.1 Å². The van der Waals surface area contributed by atoms with Gasteiger partial charge in [0.2, 0.25) is 0 Å². The van der Waals surface area contributed by atoms with Crippen LogP contribution >= 0.6 is 0 Å². The molecule has 1 saturated heterocycles. The fraction of sp³-hybridized carbons (Fsp3) is 0.636. The quantitative estimate of drug-likeness (QED) is 0.652. The number of hydrogen-bond acceptors (Lipinski definition) is 2. The molecule has 0 aliphatic carbocycles. The van der Waals surface area contributed by atoms with E-state index in [1.807, 2.05) is 4.90 Å². The molecule has 0 unspecified atom stereocenters. The Kier molecular flexibility index (Phi) is 2.50. The number of carbonyl (C=O) groups excluding carboxylic acids is 1. The number of imidazole rings is 1. The first kappa shape index (κ1) is 10.2. The minimum Gasteiger partial charge on any atom is -0.324 e. The van der Waals surface area contributed by atoms with Gasteiger partial charge in [-0.2, -0.15) is 0 Å². The fourth-order valence-electron chi connectivity index (χ4n) is 2.12. The van der Waals surface area contributed by atoms with Crippen LogP contribution in [0, 0.1) is 5.41 Å². The number of amides is 1. The third-order valence-corrected chi connectivity index (χ3v) is 2.90. The Labute approximate surface area is 89.9 Å². The van der Waals surface area contributed by atoms with Gasteiger partial charge in [0.1, 0.15) is 6.33 Å². The molecule has 15 heavy (non-hydrogen) atoms. The Bertz CT molecular complexity index is 343. The van der Waals surface area contributed by atoms with Crippen LogP contribution in [-0.2, 0) is 0 Å². The van der Waals surface area contributed by atoms with Crippen molar-refractivity contribution in [1.82, 2.24) is 14.5 Å². The highest BCUT2D eigenvalue weighted by molar-refractivity contribution is 5.76. The summed E-state index contributed by atoms with van der Waals surface area (Å²) < 4.78 is 1.54. The van der Waals surface area contributed by atoms with Crippen LogP contribution in [0.4, 0.5) is 4.79 Å². The van der Waals surface area contributed by atoms with Crippen LogP contribution in [0.3, 0.4) is 0 Å². The second-order valence-electron chi connectivity index (χ2n) is 4.94. The van der Waals surface area contributed by atoms with Crippen molar-refractivity contribution in [2.24, 2.45) is 5.41 Å². The van der Waals surface area contributed by atoms with Crippen molar-refractivity contribution in [1.29, 1.82) is 0 Å². The molecule has 0 atom stereocenters. The van der Waals surface area contributed by atoms with Gasteiger partial charge in [-0.3, -0.25) is 4.57 Å². The second kappa shape index (κ2) is 3.68. The molecular weight excluding hydrogens is 190 g/mol. The zero-order valence-electron chi connectivity index (χ0n) is 9.31. The van der Waals surface area contributed by atoms with E-state index in [1.165, 1.54) is 6.42 Å². The van der Waals surface area contributed by atoms with Crippen LogP contribution in [0.15, 0.2) is 18.7 Å².